The highest BCUT2D eigenvalue weighted by Gasteiger charge is 2.05. The Bertz CT molecular complexity index is 511. The van der Waals surface area contributed by atoms with Crippen LogP contribution in [0.3, 0.4) is 0 Å². The number of aryl methyl sites for hydroxylation is 1. The minimum Gasteiger partial charge on any atom is -0.348 e. The standard InChI is InChI=1S/C13H13N3O/c1-10-11(4-3-7-15-10)9-16-13(17)12-5-2-6-14-8-12/h2-8H,9H2,1H3,(H,16,17). The topological polar surface area (TPSA) is 54.9 Å². The molecule has 0 aromatic carbocycles. The van der Waals surface area contributed by atoms with E-state index >= 15 is 0 Å². The van der Waals surface area contributed by atoms with Gasteiger partial charge in [-0.25, -0.2) is 0 Å². The molecule has 0 saturated carbocycles. The van der Waals surface area contributed by atoms with Crippen molar-refractivity contribution in [3.8, 4) is 0 Å². The van der Waals surface area contributed by atoms with Gasteiger partial charge in [0.15, 0.2) is 0 Å². The van der Waals surface area contributed by atoms with E-state index in [1.165, 1.54) is 0 Å². The molecule has 4 heteroatoms. The second-order valence-electron chi connectivity index (χ2n) is 3.67. The Morgan fingerprint density at radius 2 is 2.12 bits per heavy atom. The number of nitrogens with zero attached hydrogens (tertiary/aromatic N) is 2. The van der Waals surface area contributed by atoms with Gasteiger partial charge < -0.3 is 5.32 Å². The lowest BCUT2D eigenvalue weighted by molar-refractivity contribution is 0.0950. The van der Waals surface area contributed by atoms with E-state index in [9.17, 15) is 4.79 Å². The highest BCUT2D eigenvalue weighted by atomic mass is 16.1. The molecule has 0 radical (unpaired) electrons. The SMILES string of the molecule is Cc1ncccc1CNC(=O)c1cccnc1. The maximum Gasteiger partial charge on any atom is 0.253 e. The fourth-order valence-corrected chi connectivity index (χ4v) is 1.48. The molecule has 2 rings (SSSR count). The van der Waals surface area contributed by atoms with Crippen molar-refractivity contribution in [2.24, 2.45) is 0 Å². The van der Waals surface area contributed by atoms with Crippen LogP contribution in [0.1, 0.15) is 21.6 Å². The average molecular weight is 227 g/mol. The maximum absolute atomic E-state index is 11.8. The van der Waals surface area contributed by atoms with Gasteiger partial charge in [0, 0.05) is 30.8 Å². The monoisotopic (exact) mass is 227 g/mol. The summed E-state index contributed by atoms with van der Waals surface area (Å²) in [5, 5.41) is 2.84. The number of aromatic nitrogens is 2. The van der Waals surface area contributed by atoms with Crippen molar-refractivity contribution >= 4 is 5.91 Å². The number of rotatable bonds is 3. The molecule has 4 nitrogen and oxygen atoms in total. The van der Waals surface area contributed by atoms with Crippen LogP contribution in [0.2, 0.25) is 0 Å². The van der Waals surface area contributed by atoms with Gasteiger partial charge in [0.1, 0.15) is 0 Å². The van der Waals surface area contributed by atoms with E-state index in [4.69, 9.17) is 0 Å². The van der Waals surface area contributed by atoms with Gasteiger partial charge in [-0.15, -0.1) is 0 Å². The van der Waals surface area contributed by atoms with E-state index in [2.05, 4.69) is 15.3 Å². The van der Waals surface area contributed by atoms with Crippen LogP contribution in [0, 0.1) is 6.92 Å². The Morgan fingerprint density at radius 1 is 1.29 bits per heavy atom. The summed E-state index contributed by atoms with van der Waals surface area (Å²) in [6.07, 6.45) is 4.93. The third kappa shape index (κ3) is 2.87. The first-order valence-corrected chi connectivity index (χ1v) is 5.36. The molecular weight excluding hydrogens is 214 g/mol. The molecule has 86 valence electrons. The van der Waals surface area contributed by atoms with Crippen LogP contribution in [-0.4, -0.2) is 15.9 Å². The number of amides is 1. The molecule has 1 amide bonds. The number of hydrogen-bond acceptors (Lipinski definition) is 3. The predicted octanol–water partition coefficient (Wildman–Crippen LogP) is 1.72. The Hall–Kier alpha value is -2.23. The second-order valence-corrected chi connectivity index (χ2v) is 3.67. The Labute approximate surface area is 99.7 Å². The van der Waals surface area contributed by atoms with Crippen LogP contribution in [0.4, 0.5) is 0 Å². The number of carbonyl (C=O) groups is 1. The van der Waals surface area contributed by atoms with Gasteiger partial charge in [0.2, 0.25) is 0 Å². The van der Waals surface area contributed by atoms with Crippen LogP contribution >= 0.6 is 0 Å². The van der Waals surface area contributed by atoms with Crippen LogP contribution in [0.5, 0.6) is 0 Å². The minimum atomic E-state index is -0.124. The van der Waals surface area contributed by atoms with E-state index in [1.807, 2.05) is 19.1 Å². The third-order valence-electron chi connectivity index (χ3n) is 2.48. The molecule has 0 spiro atoms. The Balaban J connectivity index is 2.00. The van der Waals surface area contributed by atoms with E-state index in [-0.39, 0.29) is 5.91 Å². The molecule has 2 aromatic rings. The summed E-state index contributed by atoms with van der Waals surface area (Å²) >= 11 is 0. The van der Waals surface area contributed by atoms with Gasteiger partial charge in [-0.05, 0) is 30.7 Å². The first-order valence-electron chi connectivity index (χ1n) is 5.36. The first-order chi connectivity index (χ1) is 8.27. The molecule has 2 aromatic heterocycles. The van der Waals surface area contributed by atoms with Crippen LogP contribution in [0.15, 0.2) is 42.9 Å². The van der Waals surface area contributed by atoms with Gasteiger partial charge in [0.05, 0.1) is 5.56 Å². The summed E-state index contributed by atoms with van der Waals surface area (Å²) in [5.41, 5.74) is 2.51. The molecule has 2 heterocycles. The number of nitrogens with one attached hydrogen (secondary N) is 1. The quantitative estimate of drug-likeness (QED) is 0.868. The lowest BCUT2D eigenvalue weighted by Gasteiger charge is -2.06. The van der Waals surface area contributed by atoms with Crippen LogP contribution < -0.4 is 5.32 Å². The predicted molar refractivity (Wildman–Crippen MR) is 64.4 cm³/mol. The Morgan fingerprint density at radius 3 is 2.82 bits per heavy atom. The molecule has 0 aliphatic heterocycles. The molecular formula is C13H13N3O. The normalized spacial score (nSPS) is 9.94. The van der Waals surface area contributed by atoms with Gasteiger partial charge >= 0.3 is 0 Å². The first kappa shape index (κ1) is 11.3. The molecule has 1 N–H and O–H groups in total. The number of hydrogen-bond donors (Lipinski definition) is 1. The van der Waals surface area contributed by atoms with Gasteiger partial charge in [-0.3, -0.25) is 14.8 Å². The lowest BCUT2D eigenvalue weighted by atomic mass is 10.2. The summed E-state index contributed by atoms with van der Waals surface area (Å²) < 4.78 is 0. The van der Waals surface area contributed by atoms with Gasteiger partial charge in [-0.1, -0.05) is 6.07 Å². The summed E-state index contributed by atoms with van der Waals surface area (Å²) in [6.45, 7) is 2.40. The fourth-order valence-electron chi connectivity index (χ4n) is 1.48. The smallest absolute Gasteiger partial charge is 0.253 e. The van der Waals surface area contributed by atoms with Crippen molar-refractivity contribution in [3.05, 3.63) is 59.7 Å². The van der Waals surface area contributed by atoms with Gasteiger partial charge in [0.25, 0.3) is 5.91 Å². The van der Waals surface area contributed by atoms with Crippen molar-refractivity contribution in [3.63, 3.8) is 0 Å². The van der Waals surface area contributed by atoms with Crippen molar-refractivity contribution < 1.29 is 4.79 Å². The zero-order chi connectivity index (χ0) is 12.1. The van der Waals surface area contributed by atoms with Crippen molar-refractivity contribution in [1.82, 2.24) is 15.3 Å². The number of carbonyl (C=O) groups excluding carboxylic acids is 1. The second kappa shape index (κ2) is 5.21. The summed E-state index contributed by atoms with van der Waals surface area (Å²) in [4.78, 5) is 19.8. The van der Waals surface area contributed by atoms with Crippen molar-refractivity contribution in [1.29, 1.82) is 0 Å². The van der Waals surface area contributed by atoms with E-state index in [1.54, 1.807) is 30.7 Å². The molecule has 0 atom stereocenters. The third-order valence-corrected chi connectivity index (χ3v) is 2.48. The van der Waals surface area contributed by atoms with Crippen LogP contribution in [-0.2, 0) is 6.54 Å². The lowest BCUT2D eigenvalue weighted by Crippen LogP contribution is -2.23. The summed E-state index contributed by atoms with van der Waals surface area (Å²) in [6, 6.07) is 7.28. The molecule has 0 bridgehead atoms. The highest BCUT2D eigenvalue weighted by Crippen LogP contribution is 2.03. The molecule has 0 saturated heterocycles. The van der Waals surface area contributed by atoms with Crippen LogP contribution in [0.25, 0.3) is 0 Å². The fraction of sp³-hybridized carbons (Fsp3) is 0.154. The summed E-state index contributed by atoms with van der Waals surface area (Å²) in [5.74, 6) is -0.124. The van der Waals surface area contributed by atoms with Crippen molar-refractivity contribution in [2.75, 3.05) is 0 Å². The highest BCUT2D eigenvalue weighted by molar-refractivity contribution is 5.93. The average Bonchev–Trinajstić information content (AvgIpc) is 2.38. The minimum absolute atomic E-state index is 0.124. The zero-order valence-electron chi connectivity index (χ0n) is 9.55. The maximum atomic E-state index is 11.8. The number of pyridine rings is 2. The largest absolute Gasteiger partial charge is 0.348 e. The molecule has 0 aliphatic carbocycles. The Kier molecular flexibility index (Phi) is 3.45. The van der Waals surface area contributed by atoms with Crippen molar-refractivity contribution in [2.45, 2.75) is 13.5 Å². The van der Waals surface area contributed by atoms with E-state index < -0.39 is 0 Å². The van der Waals surface area contributed by atoms with E-state index in [0.29, 0.717) is 12.1 Å². The zero-order valence-corrected chi connectivity index (χ0v) is 9.55. The molecule has 0 fully saturated rings. The van der Waals surface area contributed by atoms with E-state index in [0.717, 1.165) is 11.3 Å². The molecule has 17 heavy (non-hydrogen) atoms. The molecule has 0 unspecified atom stereocenters. The molecule has 0 aliphatic rings. The van der Waals surface area contributed by atoms with Gasteiger partial charge in [-0.2, -0.15) is 0 Å². The summed E-state index contributed by atoms with van der Waals surface area (Å²) in [7, 11) is 0.